The van der Waals surface area contributed by atoms with E-state index in [4.69, 9.17) is 5.73 Å². The molecule has 1 atom stereocenters. The van der Waals surface area contributed by atoms with E-state index in [1.807, 2.05) is 0 Å². The Balaban J connectivity index is 2.49. The van der Waals surface area contributed by atoms with Crippen molar-refractivity contribution in [2.24, 2.45) is 11.7 Å². The molecule has 1 aromatic carbocycles. The molecule has 0 saturated carbocycles. The van der Waals surface area contributed by atoms with Crippen molar-refractivity contribution in [1.82, 2.24) is 0 Å². The Labute approximate surface area is 93.9 Å². The molecule has 0 aliphatic heterocycles. The highest BCUT2D eigenvalue weighted by atomic mass is 127. The van der Waals surface area contributed by atoms with Crippen molar-refractivity contribution in [3.05, 3.63) is 33.4 Å². The molecule has 72 valence electrons. The minimum absolute atomic E-state index is 0.699. The Morgan fingerprint density at radius 3 is 2.46 bits per heavy atom. The Kier molecular flexibility index (Phi) is 4.73. The molecule has 1 nitrogen and oxygen atoms in total. The fraction of sp³-hybridized carbons (Fsp3) is 0.455. The zero-order valence-corrected chi connectivity index (χ0v) is 10.1. The molecule has 0 bridgehead atoms. The van der Waals surface area contributed by atoms with Crippen LogP contribution in [0.3, 0.4) is 0 Å². The molecule has 0 spiro atoms. The molecule has 0 saturated heterocycles. The standard InChI is InChI=1S/C11H16IN/c1-9(6-7-13)8-10-2-4-11(12)5-3-10/h2-5,9H,6-8,13H2,1H3. The lowest BCUT2D eigenvalue weighted by atomic mass is 9.98. The van der Waals surface area contributed by atoms with E-state index in [2.05, 4.69) is 53.8 Å². The Bertz CT molecular complexity index is 243. The van der Waals surface area contributed by atoms with E-state index >= 15 is 0 Å². The second kappa shape index (κ2) is 5.60. The predicted octanol–water partition coefficient (Wildman–Crippen LogP) is 2.82. The van der Waals surface area contributed by atoms with Crippen LogP contribution in [-0.4, -0.2) is 6.54 Å². The summed E-state index contributed by atoms with van der Waals surface area (Å²) in [6, 6.07) is 8.72. The van der Waals surface area contributed by atoms with Crippen molar-refractivity contribution in [1.29, 1.82) is 0 Å². The highest BCUT2D eigenvalue weighted by Gasteiger charge is 2.01. The molecule has 0 radical (unpaired) electrons. The second-order valence-corrected chi connectivity index (χ2v) is 4.76. The molecule has 0 amide bonds. The van der Waals surface area contributed by atoms with Crippen LogP contribution in [0.2, 0.25) is 0 Å². The summed E-state index contributed by atoms with van der Waals surface area (Å²) in [7, 11) is 0. The average Bonchev–Trinajstić information content (AvgIpc) is 2.09. The smallest absolute Gasteiger partial charge is 0.0130 e. The fourth-order valence-corrected chi connectivity index (χ4v) is 1.77. The molecule has 0 aliphatic rings. The van der Waals surface area contributed by atoms with Gasteiger partial charge < -0.3 is 5.73 Å². The molecule has 1 unspecified atom stereocenters. The van der Waals surface area contributed by atoms with Crippen LogP contribution >= 0.6 is 22.6 Å². The normalized spacial score (nSPS) is 12.8. The number of halogens is 1. The zero-order valence-electron chi connectivity index (χ0n) is 7.96. The predicted molar refractivity (Wildman–Crippen MR) is 65.7 cm³/mol. The summed E-state index contributed by atoms with van der Waals surface area (Å²) in [6.07, 6.45) is 2.26. The van der Waals surface area contributed by atoms with Gasteiger partial charge in [-0.25, -0.2) is 0 Å². The van der Waals surface area contributed by atoms with Gasteiger partial charge in [-0.2, -0.15) is 0 Å². The van der Waals surface area contributed by atoms with Crippen molar-refractivity contribution >= 4 is 22.6 Å². The number of hydrogen-bond donors (Lipinski definition) is 1. The third-order valence-electron chi connectivity index (χ3n) is 2.16. The van der Waals surface area contributed by atoms with Gasteiger partial charge in [0.1, 0.15) is 0 Å². The largest absolute Gasteiger partial charge is 0.330 e. The lowest BCUT2D eigenvalue weighted by Gasteiger charge is -2.09. The first kappa shape index (κ1) is 11.0. The highest BCUT2D eigenvalue weighted by Crippen LogP contribution is 2.13. The Morgan fingerprint density at radius 1 is 1.31 bits per heavy atom. The summed E-state index contributed by atoms with van der Waals surface area (Å²) in [5.74, 6) is 0.699. The van der Waals surface area contributed by atoms with Crippen LogP contribution in [0, 0.1) is 9.49 Å². The minimum atomic E-state index is 0.699. The number of benzene rings is 1. The van der Waals surface area contributed by atoms with Gasteiger partial charge in [0.05, 0.1) is 0 Å². The van der Waals surface area contributed by atoms with Gasteiger partial charge in [0.2, 0.25) is 0 Å². The molecule has 13 heavy (non-hydrogen) atoms. The van der Waals surface area contributed by atoms with Gasteiger partial charge in [-0.05, 0) is 65.6 Å². The van der Waals surface area contributed by atoms with Gasteiger partial charge in [-0.3, -0.25) is 0 Å². The zero-order chi connectivity index (χ0) is 9.68. The maximum atomic E-state index is 5.51. The Hall–Kier alpha value is -0.0900. The first-order chi connectivity index (χ1) is 6.22. The van der Waals surface area contributed by atoms with Gasteiger partial charge in [-0.15, -0.1) is 0 Å². The molecule has 0 aromatic heterocycles. The molecular formula is C11H16IN. The first-order valence-corrected chi connectivity index (χ1v) is 5.74. The van der Waals surface area contributed by atoms with Gasteiger partial charge in [-0.1, -0.05) is 19.1 Å². The summed E-state index contributed by atoms with van der Waals surface area (Å²) in [6.45, 7) is 3.05. The highest BCUT2D eigenvalue weighted by molar-refractivity contribution is 14.1. The van der Waals surface area contributed by atoms with Crippen LogP contribution in [0.15, 0.2) is 24.3 Å². The summed E-state index contributed by atoms with van der Waals surface area (Å²) in [4.78, 5) is 0. The van der Waals surface area contributed by atoms with Gasteiger partial charge in [0.25, 0.3) is 0 Å². The third-order valence-corrected chi connectivity index (χ3v) is 2.88. The maximum absolute atomic E-state index is 5.51. The lowest BCUT2D eigenvalue weighted by Crippen LogP contribution is -2.07. The number of rotatable bonds is 4. The van der Waals surface area contributed by atoms with Crippen molar-refractivity contribution < 1.29 is 0 Å². The molecule has 1 aromatic rings. The molecule has 2 heteroatoms. The van der Waals surface area contributed by atoms with E-state index in [0.717, 1.165) is 19.4 Å². The van der Waals surface area contributed by atoms with E-state index in [1.165, 1.54) is 9.13 Å². The van der Waals surface area contributed by atoms with Crippen LogP contribution in [0.4, 0.5) is 0 Å². The molecule has 0 fully saturated rings. The van der Waals surface area contributed by atoms with Crippen molar-refractivity contribution in [3.63, 3.8) is 0 Å². The SMILES string of the molecule is CC(CCN)Cc1ccc(I)cc1. The van der Waals surface area contributed by atoms with E-state index in [0.29, 0.717) is 5.92 Å². The minimum Gasteiger partial charge on any atom is -0.330 e. The van der Waals surface area contributed by atoms with Crippen LogP contribution in [0.5, 0.6) is 0 Å². The maximum Gasteiger partial charge on any atom is 0.0130 e. The number of nitrogens with two attached hydrogens (primary N) is 1. The van der Waals surface area contributed by atoms with E-state index in [9.17, 15) is 0 Å². The third kappa shape index (κ3) is 4.09. The molecule has 0 aliphatic carbocycles. The van der Waals surface area contributed by atoms with Gasteiger partial charge in [0.15, 0.2) is 0 Å². The summed E-state index contributed by atoms with van der Waals surface area (Å²) >= 11 is 2.33. The summed E-state index contributed by atoms with van der Waals surface area (Å²) in [5, 5.41) is 0. The van der Waals surface area contributed by atoms with Crippen LogP contribution in [0.25, 0.3) is 0 Å². The lowest BCUT2D eigenvalue weighted by molar-refractivity contribution is 0.538. The molecular weight excluding hydrogens is 273 g/mol. The van der Waals surface area contributed by atoms with E-state index < -0.39 is 0 Å². The summed E-state index contributed by atoms with van der Waals surface area (Å²) < 4.78 is 1.30. The first-order valence-electron chi connectivity index (χ1n) is 4.67. The fourth-order valence-electron chi connectivity index (χ4n) is 1.41. The van der Waals surface area contributed by atoms with Crippen LogP contribution in [0.1, 0.15) is 18.9 Å². The topological polar surface area (TPSA) is 26.0 Å². The van der Waals surface area contributed by atoms with Crippen LogP contribution < -0.4 is 5.73 Å². The second-order valence-electron chi connectivity index (χ2n) is 3.51. The van der Waals surface area contributed by atoms with Crippen LogP contribution in [-0.2, 0) is 6.42 Å². The molecule has 1 rings (SSSR count). The van der Waals surface area contributed by atoms with Gasteiger partial charge in [0, 0.05) is 3.57 Å². The van der Waals surface area contributed by atoms with Crippen molar-refractivity contribution in [2.75, 3.05) is 6.54 Å². The van der Waals surface area contributed by atoms with Gasteiger partial charge >= 0.3 is 0 Å². The van der Waals surface area contributed by atoms with Crippen molar-refractivity contribution in [2.45, 2.75) is 19.8 Å². The number of hydrogen-bond acceptors (Lipinski definition) is 1. The summed E-state index contributed by atoms with van der Waals surface area (Å²) in [5.41, 5.74) is 6.92. The quantitative estimate of drug-likeness (QED) is 0.847. The van der Waals surface area contributed by atoms with E-state index in [-0.39, 0.29) is 0 Å². The monoisotopic (exact) mass is 289 g/mol. The molecule has 0 heterocycles. The molecule has 2 N–H and O–H groups in total. The average molecular weight is 289 g/mol. The van der Waals surface area contributed by atoms with E-state index in [1.54, 1.807) is 0 Å². The Morgan fingerprint density at radius 2 is 1.92 bits per heavy atom. The van der Waals surface area contributed by atoms with Crippen molar-refractivity contribution in [3.8, 4) is 0 Å².